The van der Waals surface area contributed by atoms with E-state index in [1.807, 2.05) is 0 Å². The highest BCUT2D eigenvalue weighted by atomic mass is 15.3. The Balaban J connectivity index is 2.07. The topological polar surface area (TPSA) is 43.8 Å². The molecule has 1 aromatic heterocycles. The third kappa shape index (κ3) is 2.89. The molecule has 1 aromatic rings. The summed E-state index contributed by atoms with van der Waals surface area (Å²) in [5.74, 6) is 0.840. The van der Waals surface area contributed by atoms with Crippen molar-refractivity contribution >= 4 is 0 Å². The van der Waals surface area contributed by atoms with Crippen molar-refractivity contribution in [3.63, 3.8) is 0 Å². The number of hydrogen-bond acceptors (Lipinski definition) is 2. The highest BCUT2D eigenvalue weighted by molar-refractivity contribution is 5.24. The zero-order valence-corrected chi connectivity index (χ0v) is 11.2. The molecule has 1 fully saturated rings. The summed E-state index contributed by atoms with van der Waals surface area (Å²) in [6, 6.07) is 0. The van der Waals surface area contributed by atoms with Crippen molar-refractivity contribution in [3.05, 3.63) is 17.0 Å². The van der Waals surface area contributed by atoms with Gasteiger partial charge in [0, 0.05) is 12.2 Å². The molecule has 0 amide bonds. The number of nitrogens with two attached hydrogens (primary N) is 1. The normalized spacial score (nSPS) is 17.6. The van der Waals surface area contributed by atoms with Gasteiger partial charge in [0.25, 0.3) is 0 Å². The van der Waals surface area contributed by atoms with E-state index in [1.165, 1.54) is 49.1 Å². The molecule has 3 heteroatoms. The smallest absolute Gasteiger partial charge is 0.0628 e. The Morgan fingerprint density at radius 3 is 2.59 bits per heavy atom. The Morgan fingerprint density at radius 2 is 1.94 bits per heavy atom. The highest BCUT2D eigenvalue weighted by Gasteiger charge is 2.17. The lowest BCUT2D eigenvalue weighted by molar-refractivity contribution is 0.305. The Hall–Kier alpha value is -0.830. The van der Waals surface area contributed by atoms with Gasteiger partial charge in [-0.2, -0.15) is 5.10 Å². The van der Waals surface area contributed by atoms with Crippen molar-refractivity contribution in [1.82, 2.24) is 9.78 Å². The van der Waals surface area contributed by atoms with Crippen LogP contribution in [-0.2, 0) is 13.0 Å². The molecule has 3 nitrogen and oxygen atoms in total. The van der Waals surface area contributed by atoms with Crippen LogP contribution in [0.4, 0.5) is 0 Å². The molecule has 96 valence electrons. The van der Waals surface area contributed by atoms with E-state index < -0.39 is 0 Å². The maximum atomic E-state index is 5.65. The lowest BCUT2D eigenvalue weighted by Gasteiger charge is -2.22. The molecule has 2 rings (SSSR count). The van der Waals surface area contributed by atoms with Crippen molar-refractivity contribution in [2.45, 2.75) is 58.9 Å². The first kappa shape index (κ1) is 12.6. The molecule has 0 radical (unpaired) electrons. The molecule has 0 spiro atoms. The summed E-state index contributed by atoms with van der Waals surface area (Å²) in [5, 5.41) is 4.68. The third-order valence-electron chi connectivity index (χ3n) is 4.08. The lowest BCUT2D eigenvalue weighted by Crippen LogP contribution is -2.16. The van der Waals surface area contributed by atoms with E-state index in [9.17, 15) is 0 Å². The predicted molar refractivity (Wildman–Crippen MR) is 71.0 cm³/mol. The van der Waals surface area contributed by atoms with Gasteiger partial charge in [-0.25, -0.2) is 0 Å². The molecule has 0 bridgehead atoms. The van der Waals surface area contributed by atoms with Crippen LogP contribution in [0, 0.1) is 19.8 Å². The van der Waals surface area contributed by atoms with Gasteiger partial charge in [-0.3, -0.25) is 4.68 Å². The highest BCUT2D eigenvalue weighted by Crippen LogP contribution is 2.26. The quantitative estimate of drug-likeness (QED) is 0.871. The van der Waals surface area contributed by atoms with Crippen LogP contribution >= 0.6 is 0 Å². The second-order valence-electron chi connectivity index (χ2n) is 5.37. The molecule has 2 N–H and O–H groups in total. The number of rotatable bonds is 4. The van der Waals surface area contributed by atoms with Crippen molar-refractivity contribution in [2.24, 2.45) is 11.7 Å². The third-order valence-corrected chi connectivity index (χ3v) is 4.08. The minimum Gasteiger partial charge on any atom is -0.330 e. The second-order valence-corrected chi connectivity index (χ2v) is 5.37. The molecule has 1 aliphatic rings. The standard InChI is InChI=1S/C14H25N3/c1-11-14(8-9-15)12(2)17(16-11)10-13-6-4-3-5-7-13/h13H,3-10,15H2,1-2H3. The fraction of sp³-hybridized carbons (Fsp3) is 0.786. The first-order valence-corrected chi connectivity index (χ1v) is 6.95. The monoisotopic (exact) mass is 235 g/mol. The summed E-state index contributed by atoms with van der Waals surface area (Å²) in [6.45, 7) is 6.12. The van der Waals surface area contributed by atoms with Gasteiger partial charge in [0.05, 0.1) is 5.69 Å². The fourth-order valence-electron chi connectivity index (χ4n) is 3.03. The summed E-state index contributed by atoms with van der Waals surface area (Å²) >= 11 is 0. The summed E-state index contributed by atoms with van der Waals surface area (Å²) in [6.07, 6.45) is 7.95. The zero-order chi connectivity index (χ0) is 12.3. The molecule has 0 atom stereocenters. The van der Waals surface area contributed by atoms with Gasteiger partial charge in [0.2, 0.25) is 0 Å². The second kappa shape index (κ2) is 5.67. The number of aromatic nitrogens is 2. The van der Waals surface area contributed by atoms with E-state index in [4.69, 9.17) is 5.73 Å². The zero-order valence-electron chi connectivity index (χ0n) is 11.2. The van der Waals surface area contributed by atoms with E-state index >= 15 is 0 Å². The van der Waals surface area contributed by atoms with E-state index in [0.717, 1.165) is 25.4 Å². The Morgan fingerprint density at radius 1 is 1.24 bits per heavy atom. The Bertz CT molecular complexity index is 362. The van der Waals surface area contributed by atoms with Crippen LogP contribution in [0.15, 0.2) is 0 Å². The van der Waals surface area contributed by atoms with E-state index in [1.54, 1.807) is 0 Å². The summed E-state index contributed by atoms with van der Waals surface area (Å²) < 4.78 is 2.22. The Kier molecular flexibility index (Phi) is 4.21. The van der Waals surface area contributed by atoms with Crippen LogP contribution in [-0.4, -0.2) is 16.3 Å². The number of nitrogens with zero attached hydrogens (tertiary/aromatic N) is 2. The maximum absolute atomic E-state index is 5.65. The van der Waals surface area contributed by atoms with Crippen LogP contribution in [0.2, 0.25) is 0 Å². The van der Waals surface area contributed by atoms with Crippen LogP contribution < -0.4 is 5.73 Å². The van der Waals surface area contributed by atoms with Crippen LogP contribution in [0.5, 0.6) is 0 Å². The van der Waals surface area contributed by atoms with Crippen LogP contribution in [0.3, 0.4) is 0 Å². The van der Waals surface area contributed by atoms with Gasteiger partial charge in [0.1, 0.15) is 0 Å². The van der Waals surface area contributed by atoms with Gasteiger partial charge in [-0.15, -0.1) is 0 Å². The first-order chi connectivity index (χ1) is 8.22. The molecule has 0 aliphatic heterocycles. The molecule has 1 heterocycles. The van der Waals surface area contributed by atoms with Gasteiger partial charge < -0.3 is 5.73 Å². The van der Waals surface area contributed by atoms with Crippen LogP contribution in [0.1, 0.15) is 49.1 Å². The van der Waals surface area contributed by atoms with E-state index in [2.05, 4.69) is 23.6 Å². The van der Waals surface area contributed by atoms with Crippen molar-refractivity contribution in [3.8, 4) is 0 Å². The average molecular weight is 235 g/mol. The van der Waals surface area contributed by atoms with Crippen molar-refractivity contribution in [1.29, 1.82) is 0 Å². The summed E-state index contributed by atoms with van der Waals surface area (Å²) in [4.78, 5) is 0. The fourth-order valence-corrected chi connectivity index (χ4v) is 3.03. The molecular formula is C14H25N3. The molecule has 0 unspecified atom stereocenters. The van der Waals surface area contributed by atoms with E-state index in [0.29, 0.717) is 0 Å². The van der Waals surface area contributed by atoms with Gasteiger partial charge in [-0.05, 0) is 51.1 Å². The van der Waals surface area contributed by atoms with Crippen LogP contribution in [0.25, 0.3) is 0 Å². The van der Waals surface area contributed by atoms with Crippen molar-refractivity contribution < 1.29 is 0 Å². The largest absolute Gasteiger partial charge is 0.330 e. The summed E-state index contributed by atoms with van der Waals surface area (Å²) in [5.41, 5.74) is 9.52. The molecule has 1 saturated carbocycles. The van der Waals surface area contributed by atoms with Gasteiger partial charge >= 0.3 is 0 Å². The number of aryl methyl sites for hydroxylation is 1. The predicted octanol–water partition coefficient (Wildman–Crippen LogP) is 2.58. The lowest BCUT2D eigenvalue weighted by atomic mass is 9.89. The number of hydrogen-bond donors (Lipinski definition) is 1. The molecular weight excluding hydrogens is 210 g/mol. The molecule has 0 saturated heterocycles. The SMILES string of the molecule is Cc1nn(CC2CCCCC2)c(C)c1CCN. The minimum absolute atomic E-state index is 0.719. The van der Waals surface area contributed by atoms with Gasteiger partial charge in [0.15, 0.2) is 0 Å². The minimum atomic E-state index is 0.719. The molecule has 0 aromatic carbocycles. The summed E-state index contributed by atoms with van der Waals surface area (Å²) in [7, 11) is 0. The first-order valence-electron chi connectivity index (χ1n) is 6.95. The molecule has 1 aliphatic carbocycles. The van der Waals surface area contributed by atoms with Crippen molar-refractivity contribution in [2.75, 3.05) is 6.54 Å². The molecule has 17 heavy (non-hydrogen) atoms. The average Bonchev–Trinajstić information content (AvgIpc) is 2.59. The van der Waals surface area contributed by atoms with E-state index in [-0.39, 0.29) is 0 Å². The Labute approximate surface area is 104 Å². The van der Waals surface area contributed by atoms with Gasteiger partial charge in [-0.1, -0.05) is 19.3 Å². The maximum Gasteiger partial charge on any atom is 0.0628 e.